The number of imidazole rings is 1. The maximum Gasteiger partial charge on any atom is 0.214 e. The summed E-state index contributed by atoms with van der Waals surface area (Å²) in [4.78, 5) is 5.50. The number of fused-ring (bicyclic) bond motifs is 1. The van der Waals surface area contributed by atoms with Crippen LogP contribution in [0.15, 0.2) is 30.3 Å². The number of hydrogen-bond donors (Lipinski definition) is 0. The van der Waals surface area contributed by atoms with E-state index in [1.165, 1.54) is 32.1 Å². The number of nitrogens with zero attached hydrogens (tertiary/aromatic N) is 4. The van der Waals surface area contributed by atoms with Gasteiger partial charge in [-0.1, -0.05) is 60.9 Å². The highest BCUT2D eigenvalue weighted by atomic mass is 32.1. The molecule has 0 aliphatic heterocycles. The van der Waals surface area contributed by atoms with Gasteiger partial charge in [-0.2, -0.15) is 14.9 Å². The molecule has 1 fully saturated rings. The Bertz CT molecular complexity index is 835. The molecule has 2 heterocycles. The van der Waals surface area contributed by atoms with Gasteiger partial charge >= 0.3 is 0 Å². The summed E-state index contributed by atoms with van der Waals surface area (Å²) >= 11 is 1.64. The van der Waals surface area contributed by atoms with Crippen LogP contribution in [0.4, 0.5) is 0 Å². The zero-order valence-electron chi connectivity index (χ0n) is 12.2. The first-order chi connectivity index (χ1) is 10.9. The fourth-order valence-electron chi connectivity index (χ4n) is 3.18. The number of rotatable bonds is 2. The van der Waals surface area contributed by atoms with E-state index in [2.05, 4.69) is 11.1 Å². The molecule has 0 atom stereocenters. The van der Waals surface area contributed by atoms with E-state index in [1.54, 1.807) is 15.9 Å². The van der Waals surface area contributed by atoms with Crippen molar-refractivity contribution in [3.63, 3.8) is 0 Å². The van der Waals surface area contributed by atoms with Crippen molar-refractivity contribution in [1.29, 1.82) is 5.26 Å². The average molecular weight is 308 g/mol. The molecule has 0 saturated heterocycles. The third kappa shape index (κ3) is 2.20. The molecular weight excluding hydrogens is 292 g/mol. The summed E-state index contributed by atoms with van der Waals surface area (Å²) in [5, 5.41) is 15.4. The molecule has 4 nitrogen and oxygen atoms in total. The van der Waals surface area contributed by atoms with Crippen LogP contribution in [0.2, 0.25) is 0 Å². The summed E-state index contributed by atoms with van der Waals surface area (Å²) in [7, 11) is 0. The van der Waals surface area contributed by atoms with E-state index < -0.39 is 0 Å². The van der Waals surface area contributed by atoms with Gasteiger partial charge in [-0.05, 0) is 12.8 Å². The number of nitriles is 1. The molecule has 0 radical (unpaired) electrons. The Balaban J connectivity index is 1.79. The molecular formula is C17H16N4S. The minimum absolute atomic E-state index is 0.541. The van der Waals surface area contributed by atoms with E-state index in [9.17, 15) is 5.26 Å². The highest BCUT2D eigenvalue weighted by molar-refractivity contribution is 7.16. The van der Waals surface area contributed by atoms with E-state index in [1.807, 2.05) is 30.3 Å². The number of hydrogen-bond acceptors (Lipinski definition) is 4. The van der Waals surface area contributed by atoms with Crippen molar-refractivity contribution >= 4 is 16.3 Å². The SMILES string of the molecule is N#Cc1c(-c2ccccc2)nc2sc(C3CCCCC3)nn12. The molecule has 1 aliphatic carbocycles. The molecule has 110 valence electrons. The molecule has 2 aromatic heterocycles. The lowest BCUT2D eigenvalue weighted by atomic mass is 9.90. The second-order valence-electron chi connectivity index (χ2n) is 5.76. The van der Waals surface area contributed by atoms with E-state index in [0.29, 0.717) is 11.6 Å². The van der Waals surface area contributed by atoms with Crippen LogP contribution in [0, 0.1) is 11.3 Å². The molecule has 0 unspecified atom stereocenters. The molecule has 1 saturated carbocycles. The lowest BCUT2D eigenvalue weighted by molar-refractivity contribution is 0.439. The van der Waals surface area contributed by atoms with Gasteiger partial charge in [-0.3, -0.25) is 0 Å². The van der Waals surface area contributed by atoms with Gasteiger partial charge in [0, 0.05) is 11.5 Å². The number of aromatic nitrogens is 3. The number of benzene rings is 1. The van der Waals surface area contributed by atoms with Crippen LogP contribution in [0.25, 0.3) is 16.2 Å². The Morgan fingerprint density at radius 3 is 2.64 bits per heavy atom. The largest absolute Gasteiger partial charge is 0.216 e. The summed E-state index contributed by atoms with van der Waals surface area (Å²) in [5.74, 6) is 0.548. The summed E-state index contributed by atoms with van der Waals surface area (Å²) < 4.78 is 1.73. The third-order valence-corrected chi connectivity index (χ3v) is 5.40. The summed E-state index contributed by atoms with van der Waals surface area (Å²) in [6.07, 6.45) is 6.33. The second kappa shape index (κ2) is 5.54. The van der Waals surface area contributed by atoms with Crippen molar-refractivity contribution in [2.45, 2.75) is 38.0 Å². The van der Waals surface area contributed by atoms with Crippen molar-refractivity contribution in [3.8, 4) is 17.3 Å². The standard InChI is InChI=1S/C17H16N4S/c18-11-14-15(12-7-3-1-4-8-12)19-17-21(14)20-16(22-17)13-9-5-2-6-10-13/h1,3-4,7-8,13H,2,5-6,9-10H2. The van der Waals surface area contributed by atoms with Crippen LogP contribution < -0.4 is 0 Å². The summed E-state index contributed by atoms with van der Waals surface area (Å²) in [5.41, 5.74) is 2.24. The van der Waals surface area contributed by atoms with Gasteiger partial charge in [0.2, 0.25) is 4.96 Å². The first kappa shape index (κ1) is 13.5. The van der Waals surface area contributed by atoms with Gasteiger partial charge < -0.3 is 0 Å². The molecule has 4 rings (SSSR count). The Kier molecular flexibility index (Phi) is 3.39. The zero-order chi connectivity index (χ0) is 14.9. The van der Waals surface area contributed by atoms with Crippen molar-refractivity contribution in [3.05, 3.63) is 41.0 Å². The fraction of sp³-hybridized carbons (Fsp3) is 0.353. The average Bonchev–Trinajstić information content (AvgIpc) is 3.14. The maximum absolute atomic E-state index is 9.54. The summed E-state index contributed by atoms with van der Waals surface area (Å²) in [6, 6.07) is 12.1. The molecule has 0 N–H and O–H groups in total. The van der Waals surface area contributed by atoms with Gasteiger partial charge in [0.25, 0.3) is 0 Å². The van der Waals surface area contributed by atoms with Gasteiger partial charge in [0.05, 0.1) is 0 Å². The fourth-order valence-corrected chi connectivity index (χ4v) is 4.24. The molecule has 0 amide bonds. The Labute approximate surface area is 133 Å². The minimum atomic E-state index is 0.541. The van der Waals surface area contributed by atoms with Gasteiger partial charge in [0.15, 0.2) is 5.69 Å². The minimum Gasteiger partial charge on any atom is -0.216 e. The topological polar surface area (TPSA) is 54.0 Å². The monoisotopic (exact) mass is 308 g/mol. The second-order valence-corrected chi connectivity index (χ2v) is 6.74. The van der Waals surface area contributed by atoms with E-state index in [0.717, 1.165) is 21.2 Å². The van der Waals surface area contributed by atoms with Crippen LogP contribution in [0.3, 0.4) is 0 Å². The molecule has 1 aromatic carbocycles. The predicted octanol–water partition coefficient (Wildman–Crippen LogP) is 4.38. The Morgan fingerprint density at radius 2 is 1.91 bits per heavy atom. The van der Waals surface area contributed by atoms with Crippen LogP contribution >= 0.6 is 11.3 Å². The lowest BCUT2D eigenvalue weighted by Crippen LogP contribution is -2.05. The van der Waals surface area contributed by atoms with Crippen LogP contribution in [0.1, 0.15) is 48.7 Å². The first-order valence-electron chi connectivity index (χ1n) is 7.72. The molecule has 1 aliphatic rings. The Morgan fingerprint density at radius 1 is 1.14 bits per heavy atom. The first-order valence-corrected chi connectivity index (χ1v) is 8.53. The highest BCUT2D eigenvalue weighted by Gasteiger charge is 2.23. The molecule has 0 bridgehead atoms. The van der Waals surface area contributed by atoms with E-state index >= 15 is 0 Å². The van der Waals surface area contributed by atoms with Gasteiger partial charge in [0.1, 0.15) is 16.8 Å². The van der Waals surface area contributed by atoms with Gasteiger partial charge in [-0.15, -0.1) is 0 Å². The van der Waals surface area contributed by atoms with E-state index in [4.69, 9.17) is 5.10 Å². The van der Waals surface area contributed by atoms with Crippen LogP contribution in [-0.4, -0.2) is 14.6 Å². The van der Waals surface area contributed by atoms with Crippen molar-refractivity contribution in [2.24, 2.45) is 0 Å². The normalized spacial score (nSPS) is 16.0. The molecule has 3 aromatic rings. The van der Waals surface area contributed by atoms with E-state index in [-0.39, 0.29) is 0 Å². The molecule has 0 spiro atoms. The summed E-state index contributed by atoms with van der Waals surface area (Å²) in [6.45, 7) is 0. The third-order valence-electron chi connectivity index (χ3n) is 4.33. The smallest absolute Gasteiger partial charge is 0.214 e. The quantitative estimate of drug-likeness (QED) is 0.706. The maximum atomic E-state index is 9.54. The molecule has 22 heavy (non-hydrogen) atoms. The lowest BCUT2D eigenvalue weighted by Gasteiger charge is -2.18. The van der Waals surface area contributed by atoms with Crippen LogP contribution in [-0.2, 0) is 0 Å². The molecule has 5 heteroatoms. The Hall–Kier alpha value is -2.19. The van der Waals surface area contributed by atoms with Crippen LogP contribution in [0.5, 0.6) is 0 Å². The van der Waals surface area contributed by atoms with Crippen molar-refractivity contribution < 1.29 is 0 Å². The van der Waals surface area contributed by atoms with Gasteiger partial charge in [-0.25, -0.2) is 4.98 Å². The highest BCUT2D eigenvalue weighted by Crippen LogP contribution is 2.36. The van der Waals surface area contributed by atoms with Crippen molar-refractivity contribution in [2.75, 3.05) is 0 Å². The van der Waals surface area contributed by atoms with Crippen molar-refractivity contribution in [1.82, 2.24) is 14.6 Å². The predicted molar refractivity (Wildman–Crippen MR) is 86.8 cm³/mol. The zero-order valence-corrected chi connectivity index (χ0v) is 13.0.